The molecule has 1 saturated heterocycles. The van der Waals surface area contributed by atoms with Crippen LogP contribution in [0.2, 0.25) is 0 Å². The number of nitro benzene ring substituents is 1. The monoisotopic (exact) mass is 293 g/mol. The molecule has 0 radical (unpaired) electrons. The molecule has 0 spiro atoms. The third-order valence-corrected chi connectivity index (χ3v) is 3.88. The molecular formula is C14H21N4O3+. The normalized spacial score (nSPS) is 18.2. The average Bonchev–Trinajstić information content (AvgIpc) is 2.49. The van der Waals surface area contributed by atoms with Crippen molar-refractivity contribution in [3.05, 3.63) is 39.9 Å². The molecule has 114 valence electrons. The highest BCUT2D eigenvalue weighted by atomic mass is 16.6. The molecule has 7 nitrogen and oxygen atoms in total. The molecule has 0 aromatic heterocycles. The smallest absolute Gasteiger partial charge is 0.269 e. The minimum absolute atomic E-state index is 0.0356. The molecule has 1 fully saturated rings. The Kier molecular flexibility index (Phi) is 4.87. The van der Waals surface area contributed by atoms with Crippen LogP contribution in [0.4, 0.5) is 5.69 Å². The van der Waals surface area contributed by atoms with Gasteiger partial charge in [-0.3, -0.25) is 20.3 Å². The van der Waals surface area contributed by atoms with Gasteiger partial charge in [-0.05, 0) is 12.5 Å². The number of hydrazine groups is 1. The van der Waals surface area contributed by atoms with Gasteiger partial charge in [0.2, 0.25) is 5.91 Å². The van der Waals surface area contributed by atoms with Gasteiger partial charge in [-0.1, -0.05) is 12.1 Å². The van der Waals surface area contributed by atoms with Gasteiger partial charge < -0.3 is 4.90 Å². The SMILES string of the molecule is C[C@@H](C(=O)NN1CC[NH+](C)CC1)c1ccc([N+](=O)[O-])cc1. The number of non-ortho nitro benzene ring substituents is 1. The number of nitrogens with zero attached hydrogens (tertiary/aromatic N) is 2. The van der Waals surface area contributed by atoms with Crippen LogP contribution in [0.5, 0.6) is 0 Å². The van der Waals surface area contributed by atoms with Gasteiger partial charge in [0, 0.05) is 12.1 Å². The molecule has 1 amide bonds. The highest BCUT2D eigenvalue weighted by Crippen LogP contribution is 2.19. The van der Waals surface area contributed by atoms with E-state index in [1.165, 1.54) is 17.0 Å². The first-order valence-corrected chi connectivity index (χ1v) is 7.08. The molecule has 1 aliphatic heterocycles. The fourth-order valence-electron chi connectivity index (χ4n) is 2.29. The van der Waals surface area contributed by atoms with Gasteiger partial charge in [-0.25, -0.2) is 5.01 Å². The summed E-state index contributed by atoms with van der Waals surface area (Å²) >= 11 is 0. The van der Waals surface area contributed by atoms with Crippen LogP contribution in [0.1, 0.15) is 18.4 Å². The van der Waals surface area contributed by atoms with Crippen molar-refractivity contribution in [2.45, 2.75) is 12.8 Å². The first-order chi connectivity index (χ1) is 9.97. The van der Waals surface area contributed by atoms with Crippen LogP contribution in [0.25, 0.3) is 0 Å². The van der Waals surface area contributed by atoms with E-state index in [0.717, 1.165) is 31.7 Å². The summed E-state index contributed by atoms with van der Waals surface area (Å²) in [7, 11) is 2.14. The Balaban J connectivity index is 1.94. The summed E-state index contributed by atoms with van der Waals surface area (Å²) in [5, 5.41) is 12.6. The van der Waals surface area contributed by atoms with Crippen LogP contribution in [0, 0.1) is 10.1 Å². The van der Waals surface area contributed by atoms with E-state index in [2.05, 4.69) is 12.5 Å². The first kappa shape index (κ1) is 15.4. The van der Waals surface area contributed by atoms with Crippen molar-refractivity contribution < 1.29 is 14.6 Å². The fraction of sp³-hybridized carbons (Fsp3) is 0.500. The Morgan fingerprint density at radius 3 is 2.43 bits per heavy atom. The molecule has 2 N–H and O–H groups in total. The molecule has 21 heavy (non-hydrogen) atoms. The van der Waals surface area contributed by atoms with Gasteiger partial charge in [0.1, 0.15) is 0 Å². The lowest BCUT2D eigenvalue weighted by molar-refractivity contribution is -0.884. The third-order valence-electron chi connectivity index (χ3n) is 3.88. The molecule has 1 aliphatic rings. The quantitative estimate of drug-likeness (QED) is 0.582. The topological polar surface area (TPSA) is 79.9 Å². The number of benzene rings is 1. The molecule has 0 aliphatic carbocycles. The van der Waals surface area contributed by atoms with Crippen molar-refractivity contribution in [3.8, 4) is 0 Å². The number of likely N-dealkylation sites (N-methyl/N-ethyl adjacent to an activating group) is 1. The highest BCUT2D eigenvalue weighted by molar-refractivity contribution is 5.82. The minimum Gasteiger partial charge on any atom is -0.335 e. The summed E-state index contributed by atoms with van der Waals surface area (Å²) in [6.07, 6.45) is 0. The lowest BCUT2D eigenvalue weighted by Gasteiger charge is -2.30. The molecule has 7 heteroatoms. The van der Waals surface area contributed by atoms with E-state index in [-0.39, 0.29) is 17.5 Å². The van der Waals surface area contributed by atoms with Gasteiger partial charge in [-0.2, -0.15) is 0 Å². The zero-order valence-electron chi connectivity index (χ0n) is 12.3. The summed E-state index contributed by atoms with van der Waals surface area (Å²) in [5.41, 5.74) is 3.73. The lowest BCUT2D eigenvalue weighted by atomic mass is 10.0. The first-order valence-electron chi connectivity index (χ1n) is 7.08. The average molecular weight is 293 g/mol. The molecule has 0 bridgehead atoms. The van der Waals surface area contributed by atoms with E-state index >= 15 is 0 Å². The number of quaternary nitrogens is 1. The van der Waals surface area contributed by atoms with E-state index < -0.39 is 4.92 Å². The van der Waals surface area contributed by atoms with Gasteiger partial charge >= 0.3 is 0 Å². The van der Waals surface area contributed by atoms with Crippen molar-refractivity contribution in [1.82, 2.24) is 10.4 Å². The zero-order chi connectivity index (χ0) is 15.4. The summed E-state index contributed by atoms with van der Waals surface area (Å²) in [4.78, 5) is 23.9. The van der Waals surface area contributed by atoms with E-state index in [1.807, 2.05) is 5.01 Å². The molecular weight excluding hydrogens is 272 g/mol. The zero-order valence-corrected chi connectivity index (χ0v) is 12.3. The second-order valence-corrected chi connectivity index (χ2v) is 5.49. The van der Waals surface area contributed by atoms with Crippen LogP contribution in [0.3, 0.4) is 0 Å². The second-order valence-electron chi connectivity index (χ2n) is 5.49. The number of nitrogens with one attached hydrogen (secondary N) is 2. The van der Waals surface area contributed by atoms with Crippen LogP contribution >= 0.6 is 0 Å². The van der Waals surface area contributed by atoms with Crippen LogP contribution in [-0.4, -0.2) is 49.1 Å². The van der Waals surface area contributed by atoms with Gasteiger partial charge in [-0.15, -0.1) is 0 Å². The van der Waals surface area contributed by atoms with E-state index in [0.29, 0.717) is 0 Å². The van der Waals surface area contributed by atoms with Crippen molar-refractivity contribution in [2.75, 3.05) is 33.2 Å². The van der Waals surface area contributed by atoms with Gasteiger partial charge in [0.25, 0.3) is 5.69 Å². The Morgan fingerprint density at radius 2 is 1.90 bits per heavy atom. The van der Waals surface area contributed by atoms with Crippen molar-refractivity contribution in [1.29, 1.82) is 0 Å². The number of rotatable bonds is 4. The maximum Gasteiger partial charge on any atom is 0.269 e. The van der Waals surface area contributed by atoms with Crippen molar-refractivity contribution >= 4 is 11.6 Å². The molecule has 1 heterocycles. The Hall–Kier alpha value is -1.99. The Labute approximate surface area is 123 Å². The number of nitro groups is 1. The number of hydrogen-bond acceptors (Lipinski definition) is 4. The summed E-state index contributed by atoms with van der Waals surface area (Å²) in [5.74, 6) is -0.416. The van der Waals surface area contributed by atoms with Crippen LogP contribution < -0.4 is 10.3 Å². The minimum atomic E-state index is -0.443. The van der Waals surface area contributed by atoms with Crippen molar-refractivity contribution in [3.63, 3.8) is 0 Å². The third kappa shape index (κ3) is 3.99. The molecule has 2 rings (SSSR count). The lowest BCUT2D eigenvalue weighted by Crippen LogP contribution is -3.12. The maximum absolute atomic E-state index is 12.2. The Bertz CT molecular complexity index is 509. The molecule has 1 aromatic carbocycles. The molecule has 0 unspecified atom stereocenters. The van der Waals surface area contributed by atoms with E-state index in [9.17, 15) is 14.9 Å². The number of carbonyl (C=O) groups excluding carboxylic acids is 1. The standard InChI is InChI=1S/C14H20N4O3/c1-11(12-3-5-13(6-4-12)18(20)21)14(19)15-17-9-7-16(2)8-10-17/h3-6,11H,7-10H2,1-2H3,(H,15,19)/p+1/t11-/m1/s1. The number of carbonyl (C=O) groups is 1. The van der Waals surface area contributed by atoms with E-state index in [1.54, 1.807) is 19.1 Å². The largest absolute Gasteiger partial charge is 0.335 e. The molecule has 0 saturated carbocycles. The Morgan fingerprint density at radius 1 is 1.33 bits per heavy atom. The molecule has 1 aromatic rings. The summed E-state index contributed by atoms with van der Waals surface area (Å²) < 4.78 is 0. The van der Waals surface area contributed by atoms with Gasteiger partial charge in [0.05, 0.1) is 44.1 Å². The number of amides is 1. The van der Waals surface area contributed by atoms with Crippen LogP contribution in [0.15, 0.2) is 24.3 Å². The highest BCUT2D eigenvalue weighted by Gasteiger charge is 2.22. The van der Waals surface area contributed by atoms with E-state index in [4.69, 9.17) is 0 Å². The summed E-state index contributed by atoms with van der Waals surface area (Å²) in [6.45, 7) is 5.49. The second kappa shape index (κ2) is 6.64. The van der Waals surface area contributed by atoms with Crippen LogP contribution in [-0.2, 0) is 4.79 Å². The number of piperazine rings is 1. The predicted octanol–water partition coefficient (Wildman–Crippen LogP) is -0.440. The van der Waals surface area contributed by atoms with Gasteiger partial charge in [0.15, 0.2) is 0 Å². The predicted molar refractivity (Wildman–Crippen MR) is 77.8 cm³/mol. The fourth-order valence-corrected chi connectivity index (χ4v) is 2.29. The summed E-state index contributed by atoms with van der Waals surface area (Å²) in [6, 6.07) is 6.13. The number of hydrogen-bond donors (Lipinski definition) is 2. The maximum atomic E-state index is 12.2. The molecule has 1 atom stereocenters. The van der Waals surface area contributed by atoms with Crippen molar-refractivity contribution in [2.24, 2.45) is 0 Å².